The third-order valence-electron chi connectivity index (χ3n) is 1.06. The molecule has 0 amide bonds. The van der Waals surface area contributed by atoms with Crippen molar-refractivity contribution in [3.63, 3.8) is 0 Å². The van der Waals surface area contributed by atoms with Crippen LogP contribution >= 0.6 is 0 Å². The van der Waals surface area contributed by atoms with E-state index in [-0.39, 0.29) is 11.1 Å². The summed E-state index contributed by atoms with van der Waals surface area (Å²) in [5.41, 5.74) is -0.111. The molecule has 0 rings (SSSR count). The lowest BCUT2D eigenvalue weighted by Crippen LogP contribution is -1.94. The molecule has 80 valence electrons. The Morgan fingerprint density at radius 2 is 1.07 bits per heavy atom. The van der Waals surface area contributed by atoms with Crippen molar-refractivity contribution in [3.8, 4) is 0 Å². The van der Waals surface area contributed by atoms with Gasteiger partial charge in [-0.1, -0.05) is 0 Å². The Kier molecular flexibility index (Phi) is 7.95. The van der Waals surface area contributed by atoms with Crippen LogP contribution in [0.5, 0.6) is 0 Å². The minimum Gasteiger partial charge on any atom is -0.515 e. The van der Waals surface area contributed by atoms with E-state index in [1.54, 1.807) is 0 Å². The molecule has 0 saturated carbocycles. The minimum absolute atomic E-state index is 0.0556. The van der Waals surface area contributed by atoms with Gasteiger partial charge in [0.25, 0.3) is 0 Å². The van der Waals surface area contributed by atoms with Gasteiger partial charge >= 0.3 is 11.9 Å². The van der Waals surface area contributed by atoms with Crippen molar-refractivity contribution in [1.29, 1.82) is 0 Å². The highest BCUT2D eigenvalue weighted by atomic mass is 16.4. The van der Waals surface area contributed by atoms with Crippen LogP contribution in [0.3, 0.4) is 0 Å². The molecular formula is C8H12O6. The Balaban J connectivity index is 0. The summed E-state index contributed by atoms with van der Waals surface area (Å²) >= 11 is 0. The van der Waals surface area contributed by atoms with Crippen LogP contribution in [-0.4, -0.2) is 32.4 Å². The molecular weight excluding hydrogens is 192 g/mol. The number of carboxylic acids is 2. The molecule has 0 saturated heterocycles. The Morgan fingerprint density at radius 3 is 1.07 bits per heavy atom. The monoisotopic (exact) mass is 204 g/mol. The van der Waals surface area contributed by atoms with Crippen molar-refractivity contribution >= 4 is 11.9 Å². The van der Waals surface area contributed by atoms with Crippen molar-refractivity contribution < 1.29 is 30.0 Å². The second-order valence-electron chi connectivity index (χ2n) is 2.23. The number of hydrogen-bond donors (Lipinski definition) is 4. The van der Waals surface area contributed by atoms with Crippen LogP contribution in [0.15, 0.2) is 23.7 Å². The van der Waals surface area contributed by atoms with Crippen molar-refractivity contribution in [3.05, 3.63) is 23.7 Å². The molecule has 0 bridgehead atoms. The highest BCUT2D eigenvalue weighted by Gasteiger charge is 1.95. The Bertz CT molecular complexity index is 235. The van der Waals surface area contributed by atoms with Gasteiger partial charge in [0.1, 0.15) is 0 Å². The molecule has 0 unspecified atom stereocenters. The van der Waals surface area contributed by atoms with Gasteiger partial charge in [0.05, 0.1) is 23.7 Å². The molecule has 0 aromatic heterocycles. The number of aliphatic carboxylic acids is 2. The van der Waals surface area contributed by atoms with E-state index >= 15 is 0 Å². The second-order valence-corrected chi connectivity index (χ2v) is 2.23. The molecule has 4 N–H and O–H groups in total. The van der Waals surface area contributed by atoms with Gasteiger partial charge in [-0.05, 0) is 13.8 Å². The number of aliphatic hydroxyl groups is 2. The van der Waals surface area contributed by atoms with E-state index < -0.39 is 11.9 Å². The number of carbonyl (C=O) groups is 2. The third kappa shape index (κ3) is 8.12. The smallest absolute Gasteiger partial charge is 0.334 e. The van der Waals surface area contributed by atoms with E-state index in [9.17, 15) is 9.59 Å². The molecule has 0 aliphatic heterocycles. The summed E-state index contributed by atoms with van der Waals surface area (Å²) < 4.78 is 0. The molecule has 0 fully saturated rings. The summed E-state index contributed by atoms with van der Waals surface area (Å²) in [7, 11) is 0. The van der Waals surface area contributed by atoms with Gasteiger partial charge in [0.2, 0.25) is 0 Å². The molecule has 0 aliphatic carbocycles. The van der Waals surface area contributed by atoms with E-state index in [1.165, 1.54) is 13.8 Å². The highest BCUT2D eigenvalue weighted by Crippen LogP contribution is 1.86. The first-order valence-electron chi connectivity index (χ1n) is 3.45. The maximum absolute atomic E-state index is 9.70. The summed E-state index contributed by atoms with van der Waals surface area (Å²) in [6.07, 6.45) is 1.12. The lowest BCUT2D eigenvalue weighted by molar-refractivity contribution is -0.133. The van der Waals surface area contributed by atoms with Gasteiger partial charge in [-0.25, -0.2) is 9.59 Å². The zero-order valence-corrected chi connectivity index (χ0v) is 7.76. The minimum atomic E-state index is -1.09. The predicted octanol–water partition coefficient (Wildman–Crippen LogP) is 1.07. The fourth-order valence-corrected chi connectivity index (χ4v) is 0.110. The van der Waals surface area contributed by atoms with Gasteiger partial charge in [0, 0.05) is 0 Å². The average Bonchev–Trinajstić information content (AvgIpc) is 2.15. The number of hydrogen-bond acceptors (Lipinski definition) is 4. The summed E-state index contributed by atoms with van der Waals surface area (Å²) in [6, 6.07) is 0. The molecule has 0 spiro atoms. The molecule has 0 aromatic carbocycles. The van der Waals surface area contributed by atoms with Crippen LogP contribution in [0.2, 0.25) is 0 Å². The fourth-order valence-electron chi connectivity index (χ4n) is 0.110. The maximum atomic E-state index is 9.70. The molecule has 0 heterocycles. The van der Waals surface area contributed by atoms with Gasteiger partial charge < -0.3 is 20.4 Å². The summed E-state index contributed by atoms with van der Waals surface area (Å²) in [5.74, 6) is -2.19. The van der Waals surface area contributed by atoms with E-state index in [0.29, 0.717) is 12.5 Å². The van der Waals surface area contributed by atoms with Gasteiger partial charge in [0.15, 0.2) is 0 Å². The third-order valence-corrected chi connectivity index (χ3v) is 1.06. The van der Waals surface area contributed by atoms with Crippen molar-refractivity contribution in [2.45, 2.75) is 13.8 Å². The Labute approximate surface area is 80.4 Å². The average molecular weight is 204 g/mol. The SMILES string of the molecule is CC(=CO)C(=O)O.CC(=CO)C(=O)O. The zero-order chi connectivity index (χ0) is 11.7. The van der Waals surface area contributed by atoms with Crippen LogP contribution in [0.4, 0.5) is 0 Å². The molecule has 6 nitrogen and oxygen atoms in total. The maximum Gasteiger partial charge on any atom is 0.334 e. The Morgan fingerprint density at radius 1 is 0.857 bits per heavy atom. The van der Waals surface area contributed by atoms with Crippen LogP contribution in [0, 0.1) is 0 Å². The normalized spacial score (nSPS) is 11.3. The van der Waals surface area contributed by atoms with Gasteiger partial charge in [-0.15, -0.1) is 0 Å². The predicted molar refractivity (Wildman–Crippen MR) is 48.0 cm³/mol. The first-order chi connectivity index (χ1) is 6.36. The van der Waals surface area contributed by atoms with Crippen LogP contribution in [0.1, 0.15) is 13.8 Å². The molecule has 0 aromatic rings. The quantitative estimate of drug-likeness (QED) is 0.395. The summed E-state index contributed by atoms with van der Waals surface area (Å²) in [6.45, 7) is 2.62. The number of aliphatic hydroxyl groups excluding tert-OH is 2. The topological polar surface area (TPSA) is 115 Å². The number of carboxylic acid groups (broad SMARTS) is 2. The molecule has 6 heteroatoms. The van der Waals surface area contributed by atoms with Crippen molar-refractivity contribution in [2.24, 2.45) is 0 Å². The molecule has 0 radical (unpaired) electrons. The number of rotatable bonds is 2. The van der Waals surface area contributed by atoms with Crippen LogP contribution in [-0.2, 0) is 9.59 Å². The Hall–Kier alpha value is -1.98. The van der Waals surface area contributed by atoms with Gasteiger partial charge in [-0.2, -0.15) is 0 Å². The summed E-state index contributed by atoms with van der Waals surface area (Å²) in [4.78, 5) is 19.4. The molecule has 0 aliphatic rings. The second kappa shape index (κ2) is 7.66. The van der Waals surface area contributed by atoms with E-state index in [2.05, 4.69) is 0 Å². The van der Waals surface area contributed by atoms with E-state index in [4.69, 9.17) is 20.4 Å². The largest absolute Gasteiger partial charge is 0.515 e. The zero-order valence-electron chi connectivity index (χ0n) is 7.76. The van der Waals surface area contributed by atoms with E-state index in [1.807, 2.05) is 0 Å². The first-order valence-corrected chi connectivity index (χ1v) is 3.45. The van der Waals surface area contributed by atoms with Crippen molar-refractivity contribution in [2.75, 3.05) is 0 Å². The lowest BCUT2D eigenvalue weighted by atomic mass is 10.4. The van der Waals surface area contributed by atoms with Gasteiger partial charge in [-0.3, -0.25) is 0 Å². The van der Waals surface area contributed by atoms with Crippen molar-refractivity contribution in [1.82, 2.24) is 0 Å². The lowest BCUT2D eigenvalue weighted by Gasteiger charge is -1.83. The standard InChI is InChI=1S/2C4H6O3/c2*1-3(2-5)4(6)7/h2*2,5H,1H3,(H,6,7). The summed E-state index contributed by atoms with van der Waals surface area (Å²) in [5, 5.41) is 31.8. The van der Waals surface area contributed by atoms with E-state index in [0.717, 1.165) is 0 Å². The molecule has 14 heavy (non-hydrogen) atoms. The fraction of sp³-hybridized carbons (Fsp3) is 0.250. The first kappa shape index (κ1) is 14.5. The van der Waals surface area contributed by atoms with Crippen LogP contribution < -0.4 is 0 Å². The highest BCUT2D eigenvalue weighted by molar-refractivity contribution is 5.85. The van der Waals surface area contributed by atoms with Crippen LogP contribution in [0.25, 0.3) is 0 Å². The molecule has 0 atom stereocenters.